The zero-order valence-electron chi connectivity index (χ0n) is 5.19. The number of allylic oxidation sites excluding steroid dienone is 1. The van der Waals surface area contributed by atoms with Crippen LogP contribution in [-0.2, 0) is 4.79 Å². The van der Waals surface area contributed by atoms with Crippen molar-refractivity contribution in [3.63, 3.8) is 0 Å². The molecule has 0 aliphatic heterocycles. The first-order valence-electron chi connectivity index (χ1n) is 1.38. The zero-order chi connectivity index (χ0) is 4.28. The molecule has 0 atom stereocenters. The van der Waals surface area contributed by atoms with E-state index in [4.69, 9.17) is 0 Å². The van der Waals surface area contributed by atoms with E-state index in [-0.39, 0.29) is 31.0 Å². The molecule has 0 N–H and O–H groups in total. The zero-order valence-corrected chi connectivity index (χ0v) is 6.19. The first-order valence-corrected chi connectivity index (χ1v) is 1.38. The van der Waals surface area contributed by atoms with E-state index in [0.29, 0.717) is 5.57 Å². The molecule has 0 saturated heterocycles. The standard InChI is InChI=1S/C4H6O.Na.H/c1-4(2)3-5;;/h3H,1H2,2H3;;/q;+1;-1. The quantitative estimate of drug-likeness (QED) is 0.206. The third kappa shape index (κ3) is 8.83. The minimum atomic E-state index is 0. The van der Waals surface area contributed by atoms with Crippen LogP contribution in [0.2, 0.25) is 0 Å². The van der Waals surface area contributed by atoms with Crippen LogP contribution < -0.4 is 29.6 Å². The van der Waals surface area contributed by atoms with Crippen molar-refractivity contribution in [1.82, 2.24) is 0 Å². The van der Waals surface area contributed by atoms with Gasteiger partial charge in [-0.25, -0.2) is 0 Å². The molecule has 0 heterocycles. The number of hydrogen-bond donors (Lipinski definition) is 0. The fourth-order valence-electron chi connectivity index (χ4n) is 0. The number of rotatable bonds is 1. The van der Waals surface area contributed by atoms with E-state index >= 15 is 0 Å². The number of carbonyl (C=O) groups excluding carboxylic acids is 1. The van der Waals surface area contributed by atoms with Crippen molar-refractivity contribution in [2.45, 2.75) is 6.92 Å². The molecule has 0 aromatic rings. The summed E-state index contributed by atoms with van der Waals surface area (Å²) < 4.78 is 0. The Hall–Kier alpha value is 0.410. The third-order valence-corrected chi connectivity index (χ3v) is 0.201. The predicted octanol–water partition coefficient (Wildman–Crippen LogP) is -2.12. The molecule has 0 radical (unpaired) electrons. The summed E-state index contributed by atoms with van der Waals surface area (Å²) in [6, 6.07) is 0. The second-order valence-electron chi connectivity index (χ2n) is 0.964. The Kier molecular flexibility index (Phi) is 8.70. The maximum Gasteiger partial charge on any atom is 1.00 e. The van der Waals surface area contributed by atoms with E-state index in [1.165, 1.54) is 0 Å². The Labute approximate surface area is 61.2 Å². The molecular weight excluding hydrogens is 87.0 g/mol. The molecule has 2 heteroatoms. The molecule has 0 fully saturated rings. The molecule has 30 valence electrons. The molecule has 0 unspecified atom stereocenters. The molecule has 0 aliphatic rings. The van der Waals surface area contributed by atoms with Gasteiger partial charge in [0.05, 0.1) is 0 Å². The molecule has 0 spiro atoms. The Morgan fingerprint density at radius 1 is 2.00 bits per heavy atom. The van der Waals surface area contributed by atoms with Crippen LogP contribution in [0.5, 0.6) is 0 Å². The summed E-state index contributed by atoms with van der Waals surface area (Å²) in [6.45, 7) is 4.97. The van der Waals surface area contributed by atoms with Crippen molar-refractivity contribution in [3.8, 4) is 0 Å². The van der Waals surface area contributed by atoms with Gasteiger partial charge in [0.25, 0.3) is 0 Å². The van der Waals surface area contributed by atoms with Gasteiger partial charge in [-0.1, -0.05) is 6.58 Å². The van der Waals surface area contributed by atoms with Crippen molar-refractivity contribution in [2.75, 3.05) is 0 Å². The van der Waals surface area contributed by atoms with Gasteiger partial charge in [0, 0.05) is 0 Å². The number of aldehydes is 1. The fourth-order valence-corrected chi connectivity index (χ4v) is 0. The van der Waals surface area contributed by atoms with Crippen molar-refractivity contribution in [3.05, 3.63) is 12.2 Å². The Balaban J connectivity index is -0.0000000800. The molecule has 0 saturated carbocycles. The van der Waals surface area contributed by atoms with E-state index in [1.807, 2.05) is 0 Å². The van der Waals surface area contributed by atoms with Crippen LogP contribution in [0.1, 0.15) is 8.35 Å². The second kappa shape index (κ2) is 5.41. The normalized spacial score (nSPS) is 5.50. The Morgan fingerprint density at radius 3 is 2.17 bits per heavy atom. The molecule has 0 aromatic carbocycles. The summed E-state index contributed by atoms with van der Waals surface area (Å²) in [5.74, 6) is 0. The minimum absolute atomic E-state index is 0. The van der Waals surface area contributed by atoms with Crippen molar-refractivity contribution in [2.24, 2.45) is 0 Å². The molecule has 6 heavy (non-hydrogen) atoms. The molecular formula is C4H7NaO. The van der Waals surface area contributed by atoms with E-state index in [2.05, 4.69) is 6.58 Å². The van der Waals surface area contributed by atoms with Gasteiger partial charge in [-0.2, -0.15) is 0 Å². The minimum Gasteiger partial charge on any atom is -1.00 e. The summed E-state index contributed by atoms with van der Waals surface area (Å²) in [4.78, 5) is 9.41. The van der Waals surface area contributed by atoms with Gasteiger partial charge < -0.3 is 1.43 Å². The fraction of sp³-hybridized carbons (Fsp3) is 0.250. The smallest absolute Gasteiger partial charge is 1.00 e. The monoisotopic (exact) mass is 94.0 g/mol. The maximum absolute atomic E-state index is 9.41. The Morgan fingerprint density at radius 2 is 2.17 bits per heavy atom. The SMILES string of the molecule is C=C(C)C=O.[H-].[Na+]. The topological polar surface area (TPSA) is 17.1 Å². The summed E-state index contributed by atoms with van der Waals surface area (Å²) in [5, 5.41) is 0. The van der Waals surface area contributed by atoms with E-state index < -0.39 is 0 Å². The van der Waals surface area contributed by atoms with Crippen LogP contribution in [0.15, 0.2) is 12.2 Å². The molecule has 0 aromatic heterocycles. The van der Waals surface area contributed by atoms with Gasteiger partial charge in [0.15, 0.2) is 0 Å². The van der Waals surface area contributed by atoms with Gasteiger partial charge in [-0.05, 0) is 12.5 Å². The van der Waals surface area contributed by atoms with Crippen molar-refractivity contribution >= 4 is 6.29 Å². The van der Waals surface area contributed by atoms with Crippen LogP contribution >= 0.6 is 0 Å². The van der Waals surface area contributed by atoms with Crippen LogP contribution in [0.25, 0.3) is 0 Å². The summed E-state index contributed by atoms with van der Waals surface area (Å²) in [7, 11) is 0. The van der Waals surface area contributed by atoms with E-state index in [1.54, 1.807) is 6.92 Å². The van der Waals surface area contributed by atoms with Gasteiger partial charge in [-0.3, -0.25) is 4.79 Å². The molecule has 0 rings (SSSR count). The van der Waals surface area contributed by atoms with Gasteiger partial charge in [0.1, 0.15) is 6.29 Å². The van der Waals surface area contributed by atoms with Crippen LogP contribution in [0.3, 0.4) is 0 Å². The van der Waals surface area contributed by atoms with Gasteiger partial charge in [-0.15, -0.1) is 0 Å². The number of carbonyl (C=O) groups is 1. The number of hydrogen-bond acceptors (Lipinski definition) is 1. The summed E-state index contributed by atoms with van der Waals surface area (Å²) in [6.07, 6.45) is 0.722. The molecule has 0 amide bonds. The predicted molar refractivity (Wildman–Crippen MR) is 22.0 cm³/mol. The van der Waals surface area contributed by atoms with Crippen molar-refractivity contribution in [1.29, 1.82) is 0 Å². The van der Waals surface area contributed by atoms with Crippen LogP contribution in [-0.4, -0.2) is 6.29 Å². The van der Waals surface area contributed by atoms with Crippen molar-refractivity contribution < 1.29 is 35.8 Å². The first-order chi connectivity index (χ1) is 2.27. The molecule has 0 bridgehead atoms. The third-order valence-electron chi connectivity index (χ3n) is 0.201. The Bertz CT molecular complexity index is 62.7. The summed E-state index contributed by atoms with van der Waals surface area (Å²) in [5.41, 5.74) is 0.574. The second-order valence-corrected chi connectivity index (χ2v) is 0.964. The van der Waals surface area contributed by atoms with Gasteiger partial charge in [0.2, 0.25) is 0 Å². The first kappa shape index (κ1) is 9.65. The van der Waals surface area contributed by atoms with E-state index in [0.717, 1.165) is 6.29 Å². The van der Waals surface area contributed by atoms with Gasteiger partial charge >= 0.3 is 29.6 Å². The summed E-state index contributed by atoms with van der Waals surface area (Å²) >= 11 is 0. The molecule has 0 aliphatic carbocycles. The average molecular weight is 94.1 g/mol. The maximum atomic E-state index is 9.41. The van der Waals surface area contributed by atoms with Crippen LogP contribution in [0.4, 0.5) is 0 Å². The van der Waals surface area contributed by atoms with Crippen LogP contribution in [0, 0.1) is 0 Å². The largest absolute Gasteiger partial charge is 1.00 e. The molecule has 1 nitrogen and oxygen atoms in total. The average Bonchev–Trinajstić information content (AvgIpc) is 1.38. The van der Waals surface area contributed by atoms with E-state index in [9.17, 15) is 4.79 Å².